The molecule has 0 unspecified atom stereocenters. The number of urea groups is 1. The highest BCUT2D eigenvalue weighted by atomic mass is 79.9. The van der Waals surface area contributed by atoms with Gasteiger partial charge in [0.25, 0.3) is 0 Å². The van der Waals surface area contributed by atoms with Crippen molar-refractivity contribution in [2.45, 2.75) is 6.92 Å². The molecule has 0 atom stereocenters. The Bertz CT molecular complexity index is 578. The Morgan fingerprint density at radius 3 is 2.52 bits per heavy atom. The summed E-state index contributed by atoms with van der Waals surface area (Å²) in [4.78, 5) is 34.3. The molecule has 0 spiro atoms. The third-order valence-electron chi connectivity index (χ3n) is 2.47. The summed E-state index contributed by atoms with van der Waals surface area (Å²) < 4.78 is 13.4. The van der Waals surface area contributed by atoms with E-state index in [4.69, 9.17) is 10.8 Å². The molecule has 1 rings (SSSR count). The van der Waals surface area contributed by atoms with Crippen LogP contribution in [0.5, 0.6) is 0 Å². The monoisotopic (exact) mass is 361 g/mol. The lowest BCUT2D eigenvalue weighted by Gasteiger charge is -2.20. The van der Waals surface area contributed by atoms with Gasteiger partial charge in [-0.05, 0) is 40.5 Å². The number of carboxylic acid groups (broad SMARTS) is 1. The number of rotatable bonds is 5. The molecule has 0 saturated carbocycles. The Morgan fingerprint density at radius 1 is 1.38 bits per heavy atom. The van der Waals surface area contributed by atoms with Crippen molar-refractivity contribution >= 4 is 39.5 Å². The van der Waals surface area contributed by atoms with Gasteiger partial charge in [-0.2, -0.15) is 0 Å². The smallest absolute Gasteiger partial charge is 0.323 e. The van der Waals surface area contributed by atoms with Crippen LogP contribution in [0.2, 0.25) is 0 Å². The van der Waals surface area contributed by atoms with Gasteiger partial charge in [0.15, 0.2) is 0 Å². The number of nitrogens with two attached hydrogens (primary N) is 1. The summed E-state index contributed by atoms with van der Waals surface area (Å²) in [5.74, 6) is -2.63. The van der Waals surface area contributed by atoms with E-state index in [9.17, 15) is 18.8 Å². The van der Waals surface area contributed by atoms with Crippen LogP contribution in [0.4, 0.5) is 14.9 Å². The topological polar surface area (TPSA) is 113 Å². The maximum atomic E-state index is 13.3. The van der Waals surface area contributed by atoms with Gasteiger partial charge in [-0.15, -0.1) is 0 Å². The van der Waals surface area contributed by atoms with Crippen molar-refractivity contribution in [2.75, 3.05) is 18.4 Å². The Hall–Kier alpha value is -2.16. The molecule has 0 saturated heterocycles. The number of halogens is 2. The third kappa shape index (κ3) is 5.03. The highest BCUT2D eigenvalue weighted by Crippen LogP contribution is 2.24. The lowest BCUT2D eigenvalue weighted by molar-refractivity contribution is -0.137. The number of nitrogens with zero attached hydrogens (tertiary/aromatic N) is 1. The number of nitrogens with one attached hydrogen (secondary N) is 1. The first-order chi connectivity index (χ1) is 9.70. The van der Waals surface area contributed by atoms with Gasteiger partial charge in [0.2, 0.25) is 5.91 Å². The lowest BCUT2D eigenvalue weighted by Crippen LogP contribution is -2.43. The van der Waals surface area contributed by atoms with Crippen molar-refractivity contribution in [3.05, 3.63) is 28.0 Å². The summed E-state index contributed by atoms with van der Waals surface area (Å²) in [6.45, 7) is 0.344. The van der Waals surface area contributed by atoms with Gasteiger partial charge in [-0.25, -0.2) is 9.18 Å². The lowest BCUT2D eigenvalue weighted by atomic mass is 10.2. The number of amides is 3. The summed E-state index contributed by atoms with van der Waals surface area (Å²) in [5.41, 5.74) is 5.69. The molecule has 0 aliphatic rings. The van der Waals surface area contributed by atoms with Crippen LogP contribution in [0.3, 0.4) is 0 Å². The molecule has 1 aromatic rings. The van der Waals surface area contributed by atoms with Gasteiger partial charge < -0.3 is 21.1 Å². The highest BCUT2D eigenvalue weighted by Gasteiger charge is 2.19. The van der Waals surface area contributed by atoms with Crippen LogP contribution in [0.25, 0.3) is 0 Å². The van der Waals surface area contributed by atoms with Crippen molar-refractivity contribution in [3.63, 3.8) is 0 Å². The highest BCUT2D eigenvalue weighted by molar-refractivity contribution is 9.10. The van der Waals surface area contributed by atoms with E-state index >= 15 is 0 Å². The molecule has 21 heavy (non-hydrogen) atoms. The minimum atomic E-state index is -1.29. The number of carboxylic acids is 1. The van der Waals surface area contributed by atoms with Gasteiger partial charge in [0, 0.05) is 5.69 Å². The minimum Gasteiger partial charge on any atom is -0.480 e. The van der Waals surface area contributed by atoms with Crippen molar-refractivity contribution in [1.82, 2.24) is 4.90 Å². The van der Waals surface area contributed by atoms with Crippen molar-refractivity contribution < 1.29 is 23.9 Å². The molecule has 7 nitrogen and oxygen atoms in total. The number of carbonyl (C=O) groups excluding carboxylic acids is 2. The molecule has 0 fully saturated rings. The predicted octanol–water partition coefficient (Wildman–Crippen LogP) is 1.30. The summed E-state index contributed by atoms with van der Waals surface area (Å²) in [5, 5.41) is 11.1. The van der Waals surface area contributed by atoms with Gasteiger partial charge >= 0.3 is 12.0 Å². The fourth-order valence-corrected chi connectivity index (χ4v) is 1.87. The van der Waals surface area contributed by atoms with E-state index < -0.39 is 36.8 Å². The predicted molar refractivity (Wildman–Crippen MR) is 76.3 cm³/mol. The molecule has 1 aromatic carbocycles. The van der Waals surface area contributed by atoms with Gasteiger partial charge in [-0.3, -0.25) is 9.59 Å². The number of aryl methyl sites for hydroxylation is 1. The van der Waals surface area contributed by atoms with E-state index in [1.165, 1.54) is 12.1 Å². The number of hydrogen-bond acceptors (Lipinski definition) is 3. The van der Waals surface area contributed by atoms with Crippen molar-refractivity contribution in [3.8, 4) is 0 Å². The summed E-state index contributed by atoms with van der Waals surface area (Å²) >= 11 is 2.98. The van der Waals surface area contributed by atoms with Gasteiger partial charge in [0.1, 0.15) is 18.9 Å². The summed E-state index contributed by atoms with van der Waals surface area (Å²) in [6, 6.07) is 1.72. The molecule has 114 valence electrons. The quantitative estimate of drug-likeness (QED) is 0.733. The van der Waals surface area contributed by atoms with Crippen LogP contribution in [0.15, 0.2) is 16.6 Å². The van der Waals surface area contributed by atoms with Gasteiger partial charge in [-0.1, -0.05) is 0 Å². The summed E-state index contributed by atoms with van der Waals surface area (Å²) in [7, 11) is 0. The average Bonchev–Trinajstić information content (AvgIpc) is 2.33. The normalized spacial score (nSPS) is 10.0. The molecule has 9 heteroatoms. The van der Waals surface area contributed by atoms with Gasteiger partial charge in [0.05, 0.1) is 4.47 Å². The SMILES string of the molecule is Cc1cc(F)c(Br)cc1NC(=O)N(CC(N)=O)CC(=O)O. The zero-order valence-corrected chi connectivity index (χ0v) is 12.6. The minimum absolute atomic E-state index is 0.142. The van der Waals surface area contributed by atoms with Crippen LogP contribution in [-0.4, -0.2) is 41.0 Å². The number of benzene rings is 1. The average molecular weight is 362 g/mol. The zero-order valence-electron chi connectivity index (χ0n) is 11.0. The molecule has 0 aliphatic carbocycles. The van der Waals surface area contributed by atoms with Crippen LogP contribution in [-0.2, 0) is 9.59 Å². The number of primary amides is 1. The Balaban J connectivity index is 2.93. The molecule has 4 N–H and O–H groups in total. The maximum Gasteiger partial charge on any atom is 0.323 e. The van der Waals surface area contributed by atoms with Crippen LogP contribution < -0.4 is 11.1 Å². The Labute approximate surface area is 128 Å². The van der Waals surface area contributed by atoms with Crippen molar-refractivity contribution in [2.24, 2.45) is 5.73 Å². The standard InChI is InChI=1S/C12H13BrFN3O4/c1-6-2-8(14)7(13)3-9(6)16-12(21)17(4-10(15)18)5-11(19)20/h2-3H,4-5H2,1H3,(H2,15,18)(H,16,21)(H,19,20). The van der Waals surface area contributed by atoms with E-state index in [1.54, 1.807) is 6.92 Å². The number of hydrogen-bond donors (Lipinski definition) is 3. The van der Waals surface area contributed by atoms with E-state index in [0.717, 1.165) is 4.90 Å². The number of carbonyl (C=O) groups is 3. The molecule has 0 aliphatic heterocycles. The van der Waals surface area contributed by atoms with Crippen LogP contribution in [0, 0.1) is 12.7 Å². The van der Waals surface area contributed by atoms with E-state index in [-0.39, 0.29) is 10.2 Å². The fraction of sp³-hybridized carbons (Fsp3) is 0.250. The number of aliphatic carboxylic acids is 1. The second kappa shape index (κ2) is 7.02. The second-order valence-electron chi connectivity index (χ2n) is 4.23. The first-order valence-electron chi connectivity index (χ1n) is 5.72. The molecule has 3 amide bonds. The van der Waals surface area contributed by atoms with Crippen molar-refractivity contribution in [1.29, 1.82) is 0 Å². The molecule has 0 radical (unpaired) electrons. The largest absolute Gasteiger partial charge is 0.480 e. The third-order valence-corrected chi connectivity index (χ3v) is 3.08. The van der Waals surface area contributed by atoms with E-state index in [1.807, 2.05) is 0 Å². The molecular formula is C12H13BrFN3O4. The molecule has 0 bridgehead atoms. The molecule has 0 aromatic heterocycles. The maximum absolute atomic E-state index is 13.3. The van der Waals surface area contributed by atoms with Crippen LogP contribution in [0.1, 0.15) is 5.56 Å². The fourth-order valence-electron chi connectivity index (χ4n) is 1.53. The second-order valence-corrected chi connectivity index (χ2v) is 5.08. The first kappa shape index (κ1) is 16.9. The summed E-state index contributed by atoms with van der Waals surface area (Å²) in [6.07, 6.45) is 0. The molecular weight excluding hydrogens is 349 g/mol. The van der Waals surface area contributed by atoms with E-state index in [2.05, 4.69) is 21.2 Å². The Morgan fingerprint density at radius 2 is 2.00 bits per heavy atom. The zero-order chi connectivity index (χ0) is 16.2. The Kier molecular flexibility index (Phi) is 5.65. The number of anilines is 1. The van der Waals surface area contributed by atoms with Crippen LogP contribution >= 0.6 is 15.9 Å². The molecule has 0 heterocycles. The first-order valence-corrected chi connectivity index (χ1v) is 6.51. The van der Waals surface area contributed by atoms with E-state index in [0.29, 0.717) is 5.56 Å².